The smallest absolute Gasteiger partial charge is 0.237 e. The molecule has 134 valence electrons. The average molecular weight is 354 g/mol. The van der Waals surface area contributed by atoms with Crippen LogP contribution in [0.4, 0.5) is 0 Å². The van der Waals surface area contributed by atoms with Gasteiger partial charge in [-0.05, 0) is 62.6 Å². The Labute approximate surface area is 150 Å². The van der Waals surface area contributed by atoms with E-state index in [9.17, 15) is 4.79 Å². The van der Waals surface area contributed by atoms with Crippen LogP contribution >= 0.6 is 12.4 Å². The van der Waals surface area contributed by atoms with Gasteiger partial charge in [-0.25, -0.2) is 4.98 Å². The van der Waals surface area contributed by atoms with Gasteiger partial charge in [0.2, 0.25) is 11.8 Å². The predicted molar refractivity (Wildman–Crippen MR) is 96.4 cm³/mol. The lowest BCUT2D eigenvalue weighted by molar-refractivity contribution is -0.122. The summed E-state index contributed by atoms with van der Waals surface area (Å²) in [5.41, 5.74) is 1.03. The van der Waals surface area contributed by atoms with E-state index < -0.39 is 0 Å². The van der Waals surface area contributed by atoms with Crippen molar-refractivity contribution < 1.29 is 9.53 Å². The van der Waals surface area contributed by atoms with Crippen molar-refractivity contribution in [1.82, 2.24) is 15.6 Å². The Morgan fingerprint density at radius 2 is 2.12 bits per heavy atom. The Hall–Kier alpha value is -1.33. The lowest BCUT2D eigenvalue weighted by Crippen LogP contribution is -2.40. The minimum Gasteiger partial charge on any atom is -0.474 e. The molecule has 2 fully saturated rings. The van der Waals surface area contributed by atoms with Crippen LogP contribution in [-0.4, -0.2) is 29.6 Å². The summed E-state index contributed by atoms with van der Waals surface area (Å²) in [5.74, 6) is 1.58. The van der Waals surface area contributed by atoms with Crippen LogP contribution < -0.4 is 15.4 Å². The number of aromatic nitrogens is 1. The number of ether oxygens (including phenoxy) is 1. The van der Waals surface area contributed by atoms with Gasteiger partial charge < -0.3 is 15.4 Å². The van der Waals surface area contributed by atoms with Gasteiger partial charge in [-0.15, -0.1) is 12.4 Å². The molecule has 0 spiro atoms. The van der Waals surface area contributed by atoms with E-state index in [0.29, 0.717) is 12.4 Å². The summed E-state index contributed by atoms with van der Waals surface area (Å²) in [7, 11) is 0. The zero-order chi connectivity index (χ0) is 16.1. The molecule has 0 radical (unpaired) electrons. The molecular weight excluding hydrogens is 326 g/mol. The van der Waals surface area contributed by atoms with Crippen molar-refractivity contribution in [1.29, 1.82) is 0 Å². The van der Waals surface area contributed by atoms with Gasteiger partial charge in [0.05, 0.1) is 6.04 Å². The molecule has 1 unspecified atom stereocenters. The number of nitrogens with one attached hydrogen (secondary N) is 2. The van der Waals surface area contributed by atoms with Crippen LogP contribution in [0, 0.1) is 5.92 Å². The van der Waals surface area contributed by atoms with Crippen molar-refractivity contribution >= 4 is 18.3 Å². The number of carbonyl (C=O) groups excluding carboxylic acids is 1. The monoisotopic (exact) mass is 353 g/mol. The molecule has 1 saturated heterocycles. The van der Waals surface area contributed by atoms with E-state index in [1.165, 1.54) is 12.8 Å². The van der Waals surface area contributed by atoms with Gasteiger partial charge in [0.25, 0.3) is 0 Å². The van der Waals surface area contributed by atoms with Crippen LogP contribution in [0.3, 0.4) is 0 Å². The lowest BCUT2D eigenvalue weighted by Gasteiger charge is -2.26. The first-order chi connectivity index (χ1) is 11.2. The molecule has 0 bridgehead atoms. The molecule has 1 aliphatic heterocycles. The summed E-state index contributed by atoms with van der Waals surface area (Å²) in [6.45, 7) is 3.76. The zero-order valence-electron chi connectivity index (χ0n) is 14.3. The first kappa shape index (κ1) is 19.0. The second kappa shape index (κ2) is 9.23. The van der Waals surface area contributed by atoms with Gasteiger partial charge >= 0.3 is 0 Å². The van der Waals surface area contributed by atoms with Gasteiger partial charge in [0.15, 0.2) is 0 Å². The minimum absolute atomic E-state index is 0. The van der Waals surface area contributed by atoms with E-state index in [1.807, 2.05) is 12.1 Å². The van der Waals surface area contributed by atoms with Crippen LogP contribution in [0.2, 0.25) is 0 Å². The van der Waals surface area contributed by atoms with Crippen LogP contribution in [0.15, 0.2) is 18.3 Å². The SMILES string of the molecule is CC1CCC(Oc2cc(CNC(=O)C3CCCN3)ccn2)CC1.Cl. The number of hydrogen-bond donors (Lipinski definition) is 2. The highest BCUT2D eigenvalue weighted by molar-refractivity contribution is 5.85. The van der Waals surface area contributed by atoms with Crippen molar-refractivity contribution in [3.8, 4) is 5.88 Å². The number of hydrogen-bond acceptors (Lipinski definition) is 4. The van der Waals surface area contributed by atoms with Crippen molar-refractivity contribution in [2.45, 2.75) is 64.1 Å². The van der Waals surface area contributed by atoms with E-state index in [0.717, 1.165) is 43.7 Å². The molecule has 5 nitrogen and oxygen atoms in total. The number of carbonyl (C=O) groups is 1. The van der Waals surface area contributed by atoms with Crippen LogP contribution in [0.25, 0.3) is 0 Å². The molecule has 1 aliphatic carbocycles. The predicted octanol–water partition coefficient (Wildman–Crippen LogP) is 2.83. The molecule has 0 aromatic carbocycles. The second-order valence-electron chi connectivity index (χ2n) is 6.87. The average Bonchev–Trinajstić information content (AvgIpc) is 3.10. The number of pyridine rings is 1. The van der Waals surface area contributed by atoms with Crippen molar-refractivity contribution in [3.63, 3.8) is 0 Å². The van der Waals surface area contributed by atoms with Crippen LogP contribution in [0.5, 0.6) is 5.88 Å². The maximum absolute atomic E-state index is 12.0. The number of amides is 1. The van der Waals surface area contributed by atoms with Gasteiger partial charge in [-0.2, -0.15) is 0 Å². The maximum Gasteiger partial charge on any atom is 0.237 e. The van der Waals surface area contributed by atoms with E-state index in [2.05, 4.69) is 22.5 Å². The zero-order valence-corrected chi connectivity index (χ0v) is 15.1. The summed E-state index contributed by atoms with van der Waals surface area (Å²) >= 11 is 0. The Morgan fingerprint density at radius 1 is 1.33 bits per heavy atom. The summed E-state index contributed by atoms with van der Waals surface area (Å²) < 4.78 is 6.01. The largest absolute Gasteiger partial charge is 0.474 e. The summed E-state index contributed by atoms with van der Waals surface area (Å²) in [4.78, 5) is 16.3. The molecule has 1 atom stereocenters. The molecule has 24 heavy (non-hydrogen) atoms. The molecular formula is C18H28ClN3O2. The quantitative estimate of drug-likeness (QED) is 0.854. The van der Waals surface area contributed by atoms with Crippen molar-refractivity contribution in [3.05, 3.63) is 23.9 Å². The molecule has 2 aliphatic rings. The highest BCUT2D eigenvalue weighted by Crippen LogP contribution is 2.26. The van der Waals surface area contributed by atoms with Gasteiger partial charge in [-0.1, -0.05) is 6.92 Å². The standard InChI is InChI=1S/C18H27N3O2.ClH/c1-13-4-6-15(7-5-13)23-17-11-14(8-10-20-17)12-21-18(22)16-3-2-9-19-16;/h8,10-11,13,15-16,19H,2-7,9,12H2,1H3,(H,21,22);1H. The molecule has 1 saturated carbocycles. The highest BCUT2D eigenvalue weighted by Gasteiger charge is 2.22. The Balaban J connectivity index is 0.00000208. The van der Waals surface area contributed by atoms with Gasteiger partial charge in [0.1, 0.15) is 6.10 Å². The maximum atomic E-state index is 12.0. The third kappa shape index (κ3) is 5.35. The van der Waals surface area contributed by atoms with Crippen LogP contribution in [-0.2, 0) is 11.3 Å². The number of rotatable bonds is 5. The van der Waals surface area contributed by atoms with Gasteiger partial charge in [-0.3, -0.25) is 4.79 Å². The molecule has 2 N–H and O–H groups in total. The van der Waals surface area contributed by atoms with E-state index in [1.54, 1.807) is 6.20 Å². The van der Waals surface area contributed by atoms with Crippen molar-refractivity contribution in [2.24, 2.45) is 5.92 Å². The number of halogens is 1. The van der Waals surface area contributed by atoms with Crippen molar-refractivity contribution in [2.75, 3.05) is 6.54 Å². The molecule has 2 heterocycles. The normalized spacial score (nSPS) is 26.5. The van der Waals surface area contributed by atoms with Gasteiger partial charge in [0, 0.05) is 18.8 Å². The fourth-order valence-corrected chi connectivity index (χ4v) is 3.36. The van der Waals surface area contributed by atoms with E-state index in [4.69, 9.17) is 4.74 Å². The molecule has 3 rings (SSSR count). The second-order valence-corrected chi connectivity index (χ2v) is 6.87. The first-order valence-corrected chi connectivity index (χ1v) is 8.83. The summed E-state index contributed by atoms with van der Waals surface area (Å²) in [6.07, 6.45) is 8.72. The molecule has 1 amide bonds. The fraction of sp³-hybridized carbons (Fsp3) is 0.667. The summed E-state index contributed by atoms with van der Waals surface area (Å²) in [5, 5.41) is 6.21. The Morgan fingerprint density at radius 3 is 2.83 bits per heavy atom. The molecule has 1 aromatic heterocycles. The first-order valence-electron chi connectivity index (χ1n) is 8.83. The number of nitrogens with zero attached hydrogens (tertiary/aromatic N) is 1. The third-order valence-corrected chi connectivity index (χ3v) is 4.89. The van der Waals surface area contributed by atoms with E-state index >= 15 is 0 Å². The van der Waals surface area contributed by atoms with E-state index in [-0.39, 0.29) is 30.5 Å². The van der Waals surface area contributed by atoms with Crippen LogP contribution in [0.1, 0.15) is 51.0 Å². The molecule has 6 heteroatoms. The fourth-order valence-electron chi connectivity index (χ4n) is 3.36. The third-order valence-electron chi connectivity index (χ3n) is 4.89. The lowest BCUT2D eigenvalue weighted by atomic mass is 9.89. The molecule has 1 aromatic rings. The minimum atomic E-state index is -0.0308. The summed E-state index contributed by atoms with van der Waals surface area (Å²) in [6, 6.07) is 3.84. The topological polar surface area (TPSA) is 63.2 Å². The Bertz CT molecular complexity index is 527. The Kier molecular flexibility index (Phi) is 7.31. The highest BCUT2D eigenvalue weighted by atomic mass is 35.5.